The highest BCUT2D eigenvalue weighted by molar-refractivity contribution is 5.68. The number of rotatable bonds is 4. The van der Waals surface area contributed by atoms with E-state index >= 15 is 0 Å². The minimum absolute atomic E-state index is 0.0429. The maximum absolute atomic E-state index is 12.0. The third kappa shape index (κ3) is 4.63. The number of hydrogen-bond acceptors (Lipinski definition) is 4. The number of nitrogens with zero attached hydrogens (tertiary/aromatic N) is 1. The standard InChI is InChI=1S/C15H30N2O3/c1-12(16)15(6-5-11-18)7-9-17(10-8-15)13(19)20-14(2,3)4/h12,18H,5-11,16H2,1-4H3/t12-/m1/s1. The number of ether oxygens (including phenoxy) is 1. The molecule has 118 valence electrons. The smallest absolute Gasteiger partial charge is 0.410 e. The zero-order valence-corrected chi connectivity index (χ0v) is 13.3. The van der Waals surface area contributed by atoms with Crippen molar-refractivity contribution in [1.82, 2.24) is 4.90 Å². The van der Waals surface area contributed by atoms with E-state index < -0.39 is 5.60 Å². The van der Waals surface area contributed by atoms with Crippen LogP contribution in [0.4, 0.5) is 4.79 Å². The van der Waals surface area contributed by atoms with Gasteiger partial charge in [-0.25, -0.2) is 4.79 Å². The molecule has 5 heteroatoms. The number of aliphatic hydroxyl groups is 1. The number of carbonyl (C=O) groups excluding carboxylic acids is 1. The van der Waals surface area contributed by atoms with Crippen LogP contribution in [0.5, 0.6) is 0 Å². The SMILES string of the molecule is C[C@@H](N)C1(CCCO)CCN(C(=O)OC(C)(C)C)CC1. The maximum atomic E-state index is 12.0. The summed E-state index contributed by atoms with van der Waals surface area (Å²) >= 11 is 0. The maximum Gasteiger partial charge on any atom is 0.410 e. The van der Waals surface area contributed by atoms with Gasteiger partial charge in [0.1, 0.15) is 5.60 Å². The van der Waals surface area contributed by atoms with Gasteiger partial charge in [0, 0.05) is 25.7 Å². The molecule has 5 nitrogen and oxygen atoms in total. The van der Waals surface area contributed by atoms with Crippen LogP contribution in [0.1, 0.15) is 53.4 Å². The van der Waals surface area contributed by atoms with Crippen LogP contribution in [-0.4, -0.2) is 47.4 Å². The normalized spacial score (nSPS) is 20.6. The number of amides is 1. The fourth-order valence-corrected chi connectivity index (χ4v) is 2.83. The van der Waals surface area contributed by atoms with Gasteiger partial charge in [0.05, 0.1) is 0 Å². The summed E-state index contributed by atoms with van der Waals surface area (Å²) < 4.78 is 5.40. The average Bonchev–Trinajstić information content (AvgIpc) is 2.34. The van der Waals surface area contributed by atoms with E-state index in [4.69, 9.17) is 15.6 Å². The van der Waals surface area contributed by atoms with Crippen LogP contribution in [0.2, 0.25) is 0 Å². The summed E-state index contributed by atoms with van der Waals surface area (Å²) in [5.74, 6) is 0. The van der Waals surface area contributed by atoms with Gasteiger partial charge in [0.25, 0.3) is 0 Å². The largest absolute Gasteiger partial charge is 0.444 e. The van der Waals surface area contributed by atoms with Crippen molar-refractivity contribution in [3.05, 3.63) is 0 Å². The van der Waals surface area contributed by atoms with Crippen LogP contribution in [0.15, 0.2) is 0 Å². The molecule has 0 saturated carbocycles. The van der Waals surface area contributed by atoms with Crippen LogP contribution in [0.25, 0.3) is 0 Å². The molecule has 1 aliphatic heterocycles. The minimum atomic E-state index is -0.455. The zero-order chi connectivity index (χ0) is 15.4. The van der Waals surface area contributed by atoms with Crippen LogP contribution >= 0.6 is 0 Å². The highest BCUT2D eigenvalue weighted by Gasteiger charge is 2.39. The molecule has 1 heterocycles. The monoisotopic (exact) mass is 286 g/mol. The molecule has 0 aromatic heterocycles. The molecule has 1 fully saturated rings. The van der Waals surface area contributed by atoms with E-state index in [9.17, 15) is 4.79 Å². The molecule has 1 rings (SSSR count). The Labute approximate surface area is 122 Å². The van der Waals surface area contributed by atoms with Crippen LogP contribution in [0.3, 0.4) is 0 Å². The molecule has 20 heavy (non-hydrogen) atoms. The lowest BCUT2D eigenvalue weighted by Gasteiger charge is -2.44. The van der Waals surface area contributed by atoms with E-state index in [1.54, 1.807) is 4.90 Å². The molecule has 0 bridgehead atoms. The van der Waals surface area contributed by atoms with Crippen LogP contribution in [-0.2, 0) is 4.74 Å². The van der Waals surface area contributed by atoms with Gasteiger partial charge >= 0.3 is 6.09 Å². The van der Waals surface area contributed by atoms with Crippen molar-refractivity contribution in [3.8, 4) is 0 Å². The van der Waals surface area contributed by atoms with Gasteiger partial charge in [-0.3, -0.25) is 0 Å². The Morgan fingerprint density at radius 2 is 1.95 bits per heavy atom. The molecular formula is C15H30N2O3. The molecule has 3 N–H and O–H groups in total. The van der Waals surface area contributed by atoms with Crippen molar-refractivity contribution in [2.75, 3.05) is 19.7 Å². The summed E-state index contributed by atoms with van der Waals surface area (Å²) in [6, 6.07) is 0.0786. The van der Waals surface area contributed by atoms with Crippen molar-refractivity contribution in [2.24, 2.45) is 11.1 Å². The minimum Gasteiger partial charge on any atom is -0.444 e. The number of aliphatic hydroxyl groups excluding tert-OH is 1. The summed E-state index contributed by atoms with van der Waals surface area (Å²) in [4.78, 5) is 13.8. The Morgan fingerprint density at radius 1 is 1.40 bits per heavy atom. The van der Waals surface area contributed by atoms with Gasteiger partial charge in [0.2, 0.25) is 0 Å². The van der Waals surface area contributed by atoms with E-state index in [0.29, 0.717) is 13.1 Å². The first-order valence-electron chi connectivity index (χ1n) is 7.54. The fraction of sp³-hybridized carbons (Fsp3) is 0.933. The van der Waals surface area contributed by atoms with E-state index in [0.717, 1.165) is 25.7 Å². The molecule has 1 aliphatic rings. The Balaban J connectivity index is 2.58. The third-order valence-electron chi connectivity index (χ3n) is 4.21. The lowest BCUT2D eigenvalue weighted by molar-refractivity contribution is 0.00462. The second kappa shape index (κ2) is 6.76. The lowest BCUT2D eigenvalue weighted by Crippen LogP contribution is -2.50. The quantitative estimate of drug-likeness (QED) is 0.830. The van der Waals surface area contributed by atoms with Gasteiger partial charge in [-0.15, -0.1) is 0 Å². The second-order valence-corrected chi connectivity index (χ2v) is 6.95. The summed E-state index contributed by atoms with van der Waals surface area (Å²) in [6.45, 7) is 9.22. The van der Waals surface area contributed by atoms with Gasteiger partial charge in [-0.2, -0.15) is 0 Å². The van der Waals surface area contributed by atoms with Gasteiger partial charge < -0.3 is 20.5 Å². The molecule has 0 aliphatic carbocycles. The van der Waals surface area contributed by atoms with Crippen molar-refractivity contribution in [3.63, 3.8) is 0 Å². The fourth-order valence-electron chi connectivity index (χ4n) is 2.83. The molecule has 1 atom stereocenters. The average molecular weight is 286 g/mol. The summed E-state index contributed by atoms with van der Waals surface area (Å²) in [5.41, 5.74) is 5.74. The molecule has 0 radical (unpaired) electrons. The topological polar surface area (TPSA) is 75.8 Å². The van der Waals surface area contributed by atoms with E-state index in [-0.39, 0.29) is 24.2 Å². The first kappa shape index (κ1) is 17.2. The van der Waals surface area contributed by atoms with Crippen molar-refractivity contribution in [2.45, 2.75) is 65.0 Å². The van der Waals surface area contributed by atoms with Crippen LogP contribution < -0.4 is 5.73 Å². The van der Waals surface area contributed by atoms with Crippen molar-refractivity contribution in [1.29, 1.82) is 0 Å². The summed E-state index contributed by atoms with van der Waals surface area (Å²) in [6.07, 6.45) is 3.21. The Kier molecular flexibility index (Phi) is 5.83. The van der Waals surface area contributed by atoms with Gasteiger partial charge in [0.15, 0.2) is 0 Å². The zero-order valence-electron chi connectivity index (χ0n) is 13.3. The van der Waals surface area contributed by atoms with Crippen molar-refractivity contribution >= 4 is 6.09 Å². The summed E-state index contributed by atoms with van der Waals surface area (Å²) in [5, 5.41) is 9.04. The highest BCUT2D eigenvalue weighted by Crippen LogP contribution is 2.38. The Bertz CT molecular complexity index is 316. The first-order chi connectivity index (χ1) is 9.20. The number of carbonyl (C=O) groups is 1. The number of nitrogens with two attached hydrogens (primary N) is 1. The van der Waals surface area contributed by atoms with Crippen LogP contribution in [0, 0.1) is 5.41 Å². The number of hydrogen-bond donors (Lipinski definition) is 2. The lowest BCUT2D eigenvalue weighted by atomic mass is 9.70. The Hall–Kier alpha value is -0.810. The number of likely N-dealkylation sites (tertiary alicyclic amines) is 1. The summed E-state index contributed by atoms with van der Waals surface area (Å²) in [7, 11) is 0. The molecule has 1 amide bonds. The molecule has 0 aromatic carbocycles. The molecule has 0 aromatic rings. The van der Waals surface area contributed by atoms with Gasteiger partial charge in [-0.05, 0) is 58.8 Å². The predicted octanol–water partition coefficient (Wildman–Crippen LogP) is 2.12. The first-order valence-corrected chi connectivity index (χ1v) is 7.54. The molecule has 1 saturated heterocycles. The van der Waals surface area contributed by atoms with E-state index in [2.05, 4.69) is 0 Å². The molecule has 0 unspecified atom stereocenters. The molecule has 0 spiro atoms. The van der Waals surface area contributed by atoms with E-state index in [1.165, 1.54) is 0 Å². The third-order valence-corrected chi connectivity index (χ3v) is 4.21. The molecular weight excluding hydrogens is 256 g/mol. The van der Waals surface area contributed by atoms with Crippen molar-refractivity contribution < 1.29 is 14.6 Å². The second-order valence-electron chi connectivity index (χ2n) is 6.95. The van der Waals surface area contributed by atoms with E-state index in [1.807, 2.05) is 27.7 Å². The predicted molar refractivity (Wildman–Crippen MR) is 79.4 cm³/mol. The van der Waals surface area contributed by atoms with Gasteiger partial charge in [-0.1, -0.05) is 0 Å². The highest BCUT2D eigenvalue weighted by atomic mass is 16.6. The Morgan fingerprint density at radius 3 is 2.35 bits per heavy atom. The number of piperidine rings is 1.